The quantitative estimate of drug-likeness (QED) is 0.842. The van der Waals surface area contributed by atoms with E-state index in [0.29, 0.717) is 11.6 Å². The monoisotopic (exact) mass is 338 g/mol. The Kier molecular flexibility index (Phi) is 5.07. The number of aliphatic hydroxyl groups is 2. The number of aliphatic hydroxyl groups excluding tert-OH is 2. The van der Waals surface area contributed by atoms with Crippen molar-refractivity contribution in [3.63, 3.8) is 0 Å². The highest BCUT2D eigenvalue weighted by atomic mass is 19.4. The molecule has 0 spiro atoms. The highest BCUT2D eigenvalue weighted by molar-refractivity contribution is 5.65. The second-order valence-electron chi connectivity index (χ2n) is 5.02. The molecule has 0 radical (unpaired) electrons. The topological polar surface area (TPSA) is 66.8 Å². The van der Waals surface area contributed by atoms with Crippen molar-refractivity contribution in [2.45, 2.75) is 18.8 Å². The third-order valence-corrected chi connectivity index (χ3v) is 3.37. The van der Waals surface area contributed by atoms with Gasteiger partial charge in [-0.15, -0.1) is 0 Å². The number of hydrogen-bond acceptors (Lipinski definition) is 3. The fourth-order valence-electron chi connectivity index (χ4n) is 2.26. The molecule has 0 saturated carbocycles. The van der Waals surface area contributed by atoms with Crippen LogP contribution in [0.1, 0.15) is 5.56 Å². The van der Waals surface area contributed by atoms with Crippen LogP contribution in [0.4, 0.5) is 18.9 Å². The van der Waals surface area contributed by atoms with Crippen LogP contribution in [-0.2, 0) is 12.7 Å². The van der Waals surface area contributed by atoms with Crippen molar-refractivity contribution >= 4 is 5.69 Å². The van der Waals surface area contributed by atoms with Gasteiger partial charge in [-0.2, -0.15) is 13.2 Å². The predicted octanol–water partition coefficient (Wildman–Crippen LogP) is 2.44. The Labute approximate surface area is 135 Å². The summed E-state index contributed by atoms with van der Waals surface area (Å²) in [6.07, 6.45) is -6.21. The number of aromatic nitrogens is 1. The molecule has 1 unspecified atom stereocenters. The summed E-state index contributed by atoms with van der Waals surface area (Å²) in [7, 11) is 0. The molecular weight excluding hydrogens is 325 g/mol. The second kappa shape index (κ2) is 6.86. The minimum Gasteiger partial charge on any atom is -0.394 e. The molecule has 1 aromatic heterocycles. The van der Waals surface area contributed by atoms with E-state index < -0.39 is 42.2 Å². The van der Waals surface area contributed by atoms with Gasteiger partial charge in [0.05, 0.1) is 31.4 Å². The molecule has 1 aromatic carbocycles. The summed E-state index contributed by atoms with van der Waals surface area (Å²) in [5, 5.41) is 18.5. The summed E-state index contributed by atoms with van der Waals surface area (Å²) < 4.78 is 40.4. The summed E-state index contributed by atoms with van der Waals surface area (Å²) in [5.41, 5.74) is -3.32. The van der Waals surface area contributed by atoms with E-state index in [1.807, 2.05) is 0 Å². The van der Waals surface area contributed by atoms with E-state index in [0.717, 1.165) is 4.57 Å². The average molecular weight is 338 g/mol. The average Bonchev–Trinajstić information content (AvgIpc) is 2.55. The SMILES string of the molecule is [C-]#[N+]c1c(C(F)(F)F)cc(-c2ccccc2)n(CC(O)CO)c1=O. The van der Waals surface area contributed by atoms with Gasteiger partial charge in [0.2, 0.25) is 0 Å². The van der Waals surface area contributed by atoms with Crippen LogP contribution in [0.3, 0.4) is 0 Å². The van der Waals surface area contributed by atoms with E-state index in [9.17, 15) is 23.1 Å². The summed E-state index contributed by atoms with van der Waals surface area (Å²) in [4.78, 5) is 15.1. The van der Waals surface area contributed by atoms with Crippen molar-refractivity contribution < 1.29 is 23.4 Å². The minimum atomic E-state index is -4.86. The predicted molar refractivity (Wildman–Crippen MR) is 80.5 cm³/mol. The number of hydrogen-bond donors (Lipinski definition) is 2. The molecule has 0 saturated heterocycles. The van der Waals surface area contributed by atoms with Crippen LogP contribution in [0.2, 0.25) is 0 Å². The highest BCUT2D eigenvalue weighted by Gasteiger charge is 2.36. The van der Waals surface area contributed by atoms with E-state index >= 15 is 0 Å². The zero-order chi connectivity index (χ0) is 17.9. The maximum atomic E-state index is 13.2. The van der Waals surface area contributed by atoms with E-state index in [4.69, 9.17) is 11.7 Å². The zero-order valence-electron chi connectivity index (χ0n) is 12.3. The molecule has 0 aliphatic heterocycles. The molecule has 0 fully saturated rings. The highest BCUT2D eigenvalue weighted by Crippen LogP contribution is 2.37. The van der Waals surface area contributed by atoms with Gasteiger partial charge in [0, 0.05) is 5.69 Å². The van der Waals surface area contributed by atoms with Crippen molar-refractivity contribution in [2.75, 3.05) is 6.61 Å². The Balaban J connectivity index is 2.82. The first-order valence-corrected chi connectivity index (χ1v) is 6.86. The van der Waals surface area contributed by atoms with Gasteiger partial charge >= 0.3 is 6.18 Å². The normalized spacial score (nSPS) is 12.7. The Morgan fingerprint density at radius 2 is 1.88 bits per heavy atom. The van der Waals surface area contributed by atoms with Crippen LogP contribution in [0.5, 0.6) is 0 Å². The Bertz CT molecular complexity index is 823. The molecule has 0 bridgehead atoms. The van der Waals surface area contributed by atoms with Gasteiger partial charge in [0.1, 0.15) is 0 Å². The zero-order valence-corrected chi connectivity index (χ0v) is 12.3. The number of halogens is 3. The molecule has 1 atom stereocenters. The molecule has 0 amide bonds. The van der Waals surface area contributed by atoms with Crippen molar-refractivity contribution in [1.82, 2.24) is 4.57 Å². The van der Waals surface area contributed by atoms with Gasteiger partial charge in [-0.25, -0.2) is 4.85 Å². The molecule has 2 N–H and O–H groups in total. The number of benzene rings is 1. The Morgan fingerprint density at radius 3 is 2.38 bits per heavy atom. The lowest BCUT2D eigenvalue weighted by molar-refractivity contribution is -0.136. The number of pyridine rings is 1. The van der Waals surface area contributed by atoms with Crippen LogP contribution in [0, 0.1) is 6.57 Å². The smallest absolute Gasteiger partial charge is 0.394 e. The van der Waals surface area contributed by atoms with Gasteiger partial charge in [-0.1, -0.05) is 30.3 Å². The lowest BCUT2D eigenvalue weighted by Gasteiger charge is -2.19. The lowest BCUT2D eigenvalue weighted by atomic mass is 10.1. The van der Waals surface area contributed by atoms with Crippen molar-refractivity contribution in [3.8, 4) is 11.3 Å². The number of rotatable bonds is 4. The molecule has 0 aliphatic carbocycles. The van der Waals surface area contributed by atoms with Crippen molar-refractivity contribution in [1.29, 1.82) is 0 Å². The first-order chi connectivity index (χ1) is 11.3. The largest absolute Gasteiger partial charge is 0.407 e. The first-order valence-electron chi connectivity index (χ1n) is 6.86. The van der Waals surface area contributed by atoms with Gasteiger partial charge in [0.15, 0.2) is 0 Å². The summed E-state index contributed by atoms with van der Waals surface area (Å²) in [6.45, 7) is 5.80. The van der Waals surface area contributed by atoms with Crippen molar-refractivity contribution in [2.24, 2.45) is 0 Å². The molecular formula is C16H13F3N2O3. The third kappa shape index (κ3) is 3.48. The van der Waals surface area contributed by atoms with E-state index in [2.05, 4.69) is 4.85 Å². The fraction of sp³-hybridized carbons (Fsp3) is 0.250. The van der Waals surface area contributed by atoms with Gasteiger partial charge in [-0.3, -0.25) is 4.79 Å². The molecule has 1 heterocycles. The first kappa shape index (κ1) is 17.7. The van der Waals surface area contributed by atoms with E-state index in [1.54, 1.807) is 18.2 Å². The molecule has 8 heteroatoms. The second-order valence-corrected chi connectivity index (χ2v) is 5.02. The summed E-state index contributed by atoms with van der Waals surface area (Å²) >= 11 is 0. The molecule has 5 nitrogen and oxygen atoms in total. The van der Waals surface area contributed by atoms with Gasteiger partial charge in [0.25, 0.3) is 11.2 Å². The number of nitrogens with zero attached hydrogens (tertiary/aromatic N) is 2. The van der Waals surface area contributed by atoms with Crippen molar-refractivity contribution in [3.05, 3.63) is 63.7 Å². The third-order valence-electron chi connectivity index (χ3n) is 3.37. The van der Waals surface area contributed by atoms with Crippen LogP contribution in [0.25, 0.3) is 16.1 Å². The maximum absolute atomic E-state index is 13.2. The number of alkyl halides is 3. The standard InChI is InChI=1S/C16H13F3N2O3/c1-20-14-12(16(17,18)19)7-13(10-5-3-2-4-6-10)21(15(14)24)8-11(23)9-22/h2-7,11,22-23H,8-9H2. The van der Waals surface area contributed by atoms with Crippen LogP contribution >= 0.6 is 0 Å². The fourth-order valence-corrected chi connectivity index (χ4v) is 2.26. The maximum Gasteiger partial charge on any atom is 0.407 e. The van der Waals surface area contributed by atoms with Crippen LogP contribution in [0.15, 0.2) is 41.2 Å². The molecule has 2 rings (SSSR count). The molecule has 126 valence electrons. The summed E-state index contributed by atoms with van der Waals surface area (Å²) in [6, 6.07) is 8.56. The van der Waals surface area contributed by atoms with E-state index in [1.165, 1.54) is 12.1 Å². The lowest BCUT2D eigenvalue weighted by Crippen LogP contribution is -2.31. The summed E-state index contributed by atoms with van der Waals surface area (Å²) in [5.74, 6) is 0. The Hall–Kier alpha value is -2.63. The molecule has 0 aliphatic rings. The molecule has 24 heavy (non-hydrogen) atoms. The van der Waals surface area contributed by atoms with Gasteiger partial charge < -0.3 is 14.8 Å². The van der Waals surface area contributed by atoms with E-state index in [-0.39, 0.29) is 5.69 Å². The Morgan fingerprint density at radius 1 is 1.25 bits per heavy atom. The van der Waals surface area contributed by atoms with Crippen LogP contribution in [-0.4, -0.2) is 27.5 Å². The van der Waals surface area contributed by atoms with Gasteiger partial charge in [-0.05, 0) is 11.6 Å². The molecule has 2 aromatic rings. The van der Waals surface area contributed by atoms with Crippen LogP contribution < -0.4 is 5.56 Å². The minimum absolute atomic E-state index is 0.0900.